The summed E-state index contributed by atoms with van der Waals surface area (Å²) in [5, 5.41) is 13.1. The van der Waals surface area contributed by atoms with Crippen LogP contribution in [0.15, 0.2) is 12.1 Å². The number of anilines is 1. The Morgan fingerprint density at radius 2 is 2.00 bits per heavy atom. The molecule has 2 rings (SSSR count). The van der Waals surface area contributed by atoms with Gasteiger partial charge in [0.1, 0.15) is 5.75 Å². The molecule has 2 nitrogen and oxygen atoms in total. The molecule has 1 fully saturated rings. The van der Waals surface area contributed by atoms with Crippen LogP contribution in [0, 0.1) is 13.8 Å². The SMILES string of the molecule is Cc1ccc(NC2CC2)c(C)c1O. The fourth-order valence-corrected chi connectivity index (χ4v) is 1.44. The lowest BCUT2D eigenvalue weighted by molar-refractivity contribution is 0.467. The van der Waals surface area contributed by atoms with Gasteiger partial charge in [-0.15, -0.1) is 0 Å². The molecule has 0 amide bonds. The van der Waals surface area contributed by atoms with Gasteiger partial charge in [0.2, 0.25) is 0 Å². The van der Waals surface area contributed by atoms with Crippen molar-refractivity contribution < 1.29 is 5.11 Å². The van der Waals surface area contributed by atoms with E-state index in [1.165, 1.54) is 12.8 Å². The number of hydrogen-bond acceptors (Lipinski definition) is 2. The number of rotatable bonds is 2. The zero-order valence-electron chi connectivity index (χ0n) is 8.09. The third-order valence-electron chi connectivity index (χ3n) is 2.57. The zero-order valence-corrected chi connectivity index (χ0v) is 8.09. The summed E-state index contributed by atoms with van der Waals surface area (Å²) in [4.78, 5) is 0. The summed E-state index contributed by atoms with van der Waals surface area (Å²) < 4.78 is 0. The first-order valence-corrected chi connectivity index (χ1v) is 4.74. The predicted molar refractivity (Wildman–Crippen MR) is 54.2 cm³/mol. The van der Waals surface area contributed by atoms with Crippen molar-refractivity contribution in [2.45, 2.75) is 32.7 Å². The van der Waals surface area contributed by atoms with Crippen molar-refractivity contribution in [1.82, 2.24) is 0 Å². The van der Waals surface area contributed by atoms with Crippen molar-refractivity contribution >= 4 is 5.69 Å². The second kappa shape index (κ2) is 2.95. The molecule has 70 valence electrons. The van der Waals surface area contributed by atoms with E-state index in [-0.39, 0.29) is 0 Å². The van der Waals surface area contributed by atoms with Crippen molar-refractivity contribution in [3.05, 3.63) is 23.3 Å². The van der Waals surface area contributed by atoms with Gasteiger partial charge in [-0.1, -0.05) is 6.07 Å². The van der Waals surface area contributed by atoms with Gasteiger partial charge in [-0.05, 0) is 38.3 Å². The first-order valence-electron chi connectivity index (χ1n) is 4.74. The minimum absolute atomic E-state index is 0.422. The van der Waals surface area contributed by atoms with Gasteiger partial charge < -0.3 is 10.4 Å². The molecule has 0 unspecified atom stereocenters. The van der Waals surface area contributed by atoms with E-state index in [9.17, 15) is 5.11 Å². The maximum atomic E-state index is 9.68. The van der Waals surface area contributed by atoms with Crippen LogP contribution in [0.2, 0.25) is 0 Å². The third-order valence-corrected chi connectivity index (χ3v) is 2.57. The van der Waals surface area contributed by atoms with E-state index in [0.717, 1.165) is 16.8 Å². The lowest BCUT2D eigenvalue weighted by Gasteiger charge is -2.11. The highest BCUT2D eigenvalue weighted by Gasteiger charge is 2.21. The summed E-state index contributed by atoms with van der Waals surface area (Å²) >= 11 is 0. The molecule has 0 saturated heterocycles. The van der Waals surface area contributed by atoms with Crippen LogP contribution < -0.4 is 5.32 Å². The van der Waals surface area contributed by atoms with Gasteiger partial charge >= 0.3 is 0 Å². The number of aryl methyl sites for hydroxylation is 1. The zero-order chi connectivity index (χ0) is 9.42. The number of phenolic OH excluding ortho intramolecular Hbond substituents is 1. The van der Waals surface area contributed by atoms with Gasteiger partial charge in [-0.25, -0.2) is 0 Å². The van der Waals surface area contributed by atoms with Crippen LogP contribution in [0.1, 0.15) is 24.0 Å². The number of benzene rings is 1. The quantitative estimate of drug-likeness (QED) is 0.727. The Labute approximate surface area is 78.6 Å². The van der Waals surface area contributed by atoms with E-state index in [1.54, 1.807) is 0 Å². The second-order valence-corrected chi connectivity index (χ2v) is 3.82. The standard InChI is InChI=1S/C11H15NO/c1-7-3-6-10(8(2)11(7)13)12-9-4-5-9/h3,6,9,12-13H,4-5H2,1-2H3. The van der Waals surface area contributed by atoms with E-state index in [4.69, 9.17) is 0 Å². The van der Waals surface area contributed by atoms with Gasteiger partial charge in [-0.3, -0.25) is 0 Å². The van der Waals surface area contributed by atoms with Crippen LogP contribution in [-0.2, 0) is 0 Å². The molecule has 13 heavy (non-hydrogen) atoms. The lowest BCUT2D eigenvalue weighted by Crippen LogP contribution is -2.02. The van der Waals surface area contributed by atoms with Crippen LogP contribution >= 0.6 is 0 Å². The van der Waals surface area contributed by atoms with Crippen LogP contribution in [0.25, 0.3) is 0 Å². The maximum Gasteiger partial charge on any atom is 0.123 e. The van der Waals surface area contributed by atoms with Crippen molar-refractivity contribution in [2.75, 3.05) is 5.32 Å². The van der Waals surface area contributed by atoms with E-state index >= 15 is 0 Å². The van der Waals surface area contributed by atoms with Crippen molar-refractivity contribution in [2.24, 2.45) is 0 Å². The molecule has 1 aromatic carbocycles. The van der Waals surface area contributed by atoms with Crippen LogP contribution in [0.4, 0.5) is 5.69 Å². The Morgan fingerprint density at radius 3 is 2.62 bits per heavy atom. The molecule has 0 atom stereocenters. The Bertz CT molecular complexity index is 329. The molecule has 0 bridgehead atoms. The Balaban J connectivity index is 2.29. The summed E-state index contributed by atoms with van der Waals surface area (Å²) in [6.45, 7) is 3.87. The molecular formula is C11H15NO. The third kappa shape index (κ3) is 1.62. The first kappa shape index (κ1) is 8.42. The number of hydrogen-bond donors (Lipinski definition) is 2. The average Bonchev–Trinajstić information content (AvgIpc) is 2.90. The molecule has 0 aromatic heterocycles. The van der Waals surface area contributed by atoms with E-state index in [2.05, 4.69) is 5.32 Å². The van der Waals surface area contributed by atoms with E-state index < -0.39 is 0 Å². The van der Waals surface area contributed by atoms with Gasteiger partial charge in [0.15, 0.2) is 0 Å². The predicted octanol–water partition coefficient (Wildman–Crippen LogP) is 2.58. The highest BCUT2D eigenvalue weighted by atomic mass is 16.3. The van der Waals surface area contributed by atoms with E-state index in [1.807, 2.05) is 26.0 Å². The average molecular weight is 177 g/mol. The highest BCUT2D eigenvalue weighted by molar-refractivity contribution is 5.59. The maximum absolute atomic E-state index is 9.68. The van der Waals surface area contributed by atoms with Crippen molar-refractivity contribution in [1.29, 1.82) is 0 Å². The summed E-state index contributed by atoms with van der Waals surface area (Å²) in [5.74, 6) is 0.422. The Kier molecular flexibility index (Phi) is 1.91. The molecule has 1 aromatic rings. The molecule has 0 aliphatic heterocycles. The molecule has 2 heteroatoms. The monoisotopic (exact) mass is 177 g/mol. The molecule has 0 heterocycles. The minimum atomic E-state index is 0.422. The number of nitrogens with one attached hydrogen (secondary N) is 1. The Hall–Kier alpha value is -1.18. The summed E-state index contributed by atoms with van der Waals surface area (Å²) in [6, 6.07) is 4.64. The second-order valence-electron chi connectivity index (χ2n) is 3.82. The highest BCUT2D eigenvalue weighted by Crippen LogP contribution is 2.32. The van der Waals surface area contributed by atoms with Crippen molar-refractivity contribution in [3.63, 3.8) is 0 Å². The van der Waals surface area contributed by atoms with Gasteiger partial charge in [0.25, 0.3) is 0 Å². The molecule has 0 spiro atoms. The normalized spacial score (nSPS) is 15.8. The lowest BCUT2D eigenvalue weighted by atomic mass is 10.1. The molecule has 1 saturated carbocycles. The smallest absolute Gasteiger partial charge is 0.123 e. The van der Waals surface area contributed by atoms with Gasteiger partial charge in [0, 0.05) is 17.3 Å². The fraction of sp³-hybridized carbons (Fsp3) is 0.455. The van der Waals surface area contributed by atoms with Gasteiger partial charge in [0.05, 0.1) is 0 Å². The molecular weight excluding hydrogens is 162 g/mol. The van der Waals surface area contributed by atoms with Crippen LogP contribution in [0.5, 0.6) is 5.75 Å². The minimum Gasteiger partial charge on any atom is -0.507 e. The fourth-order valence-electron chi connectivity index (χ4n) is 1.44. The Morgan fingerprint density at radius 1 is 1.31 bits per heavy atom. The molecule has 0 radical (unpaired) electrons. The van der Waals surface area contributed by atoms with Crippen LogP contribution in [-0.4, -0.2) is 11.1 Å². The molecule has 1 aliphatic carbocycles. The molecule has 1 aliphatic rings. The summed E-state index contributed by atoms with van der Waals surface area (Å²) in [5.41, 5.74) is 2.98. The topological polar surface area (TPSA) is 32.3 Å². The summed E-state index contributed by atoms with van der Waals surface area (Å²) in [7, 11) is 0. The van der Waals surface area contributed by atoms with Crippen molar-refractivity contribution in [3.8, 4) is 5.75 Å². The largest absolute Gasteiger partial charge is 0.507 e. The van der Waals surface area contributed by atoms with E-state index in [0.29, 0.717) is 11.8 Å². The first-order chi connectivity index (χ1) is 6.18. The van der Waals surface area contributed by atoms with Crippen LogP contribution in [0.3, 0.4) is 0 Å². The summed E-state index contributed by atoms with van der Waals surface area (Å²) in [6.07, 6.45) is 2.52. The van der Waals surface area contributed by atoms with Gasteiger partial charge in [-0.2, -0.15) is 0 Å². The number of phenols is 1. The molecule has 2 N–H and O–H groups in total. The number of aromatic hydroxyl groups is 1.